The maximum atomic E-state index is 12.6. The number of aromatic nitrogens is 2. The summed E-state index contributed by atoms with van der Waals surface area (Å²) in [6, 6.07) is 11.3. The molecular weight excluding hydrogens is 328 g/mol. The molecule has 2 heterocycles. The highest BCUT2D eigenvalue weighted by Gasteiger charge is 2.14. The first-order valence-corrected chi connectivity index (χ1v) is 8.51. The number of nitrogens with zero attached hydrogens (tertiary/aromatic N) is 2. The van der Waals surface area contributed by atoms with E-state index >= 15 is 0 Å². The minimum atomic E-state index is -0.183. The van der Waals surface area contributed by atoms with Crippen molar-refractivity contribution in [1.29, 1.82) is 0 Å². The minimum Gasteiger partial charge on any atom is -0.360 e. The van der Waals surface area contributed by atoms with Gasteiger partial charge in [-0.3, -0.25) is 4.79 Å². The number of hydrogen-bond donors (Lipinski definition) is 2. The predicted molar refractivity (Wildman–Crippen MR) is 102 cm³/mol. The van der Waals surface area contributed by atoms with Crippen LogP contribution in [0, 0.1) is 13.8 Å². The molecule has 0 aliphatic heterocycles. The molecule has 3 aromatic rings. The molecule has 6 heteroatoms. The van der Waals surface area contributed by atoms with Gasteiger partial charge >= 0.3 is 0 Å². The Morgan fingerprint density at radius 1 is 1.12 bits per heavy atom. The summed E-state index contributed by atoms with van der Waals surface area (Å²) in [5.41, 5.74) is 3.51. The summed E-state index contributed by atoms with van der Waals surface area (Å²) in [5.74, 6) is 2.02. The van der Waals surface area contributed by atoms with E-state index < -0.39 is 0 Å². The van der Waals surface area contributed by atoms with E-state index in [1.807, 2.05) is 32.0 Å². The second-order valence-electron chi connectivity index (χ2n) is 6.53. The fourth-order valence-corrected chi connectivity index (χ4v) is 2.69. The lowest BCUT2D eigenvalue weighted by Gasteiger charge is -2.16. The first-order valence-electron chi connectivity index (χ1n) is 8.51. The topological polar surface area (TPSA) is 80.0 Å². The van der Waals surface area contributed by atoms with Crippen molar-refractivity contribution >= 4 is 23.2 Å². The highest BCUT2D eigenvalue weighted by Crippen LogP contribution is 2.28. The fourth-order valence-electron chi connectivity index (χ4n) is 2.69. The van der Waals surface area contributed by atoms with Crippen molar-refractivity contribution in [2.24, 2.45) is 0 Å². The number of anilines is 3. The van der Waals surface area contributed by atoms with Crippen LogP contribution in [0.15, 0.2) is 47.1 Å². The van der Waals surface area contributed by atoms with Crippen molar-refractivity contribution in [3.05, 3.63) is 65.0 Å². The van der Waals surface area contributed by atoms with Gasteiger partial charge < -0.3 is 15.2 Å². The smallest absolute Gasteiger partial charge is 0.257 e. The molecule has 2 N–H and O–H groups in total. The van der Waals surface area contributed by atoms with Crippen molar-refractivity contribution in [2.75, 3.05) is 10.6 Å². The third-order valence-corrected chi connectivity index (χ3v) is 4.08. The van der Waals surface area contributed by atoms with Crippen molar-refractivity contribution in [3.8, 4) is 0 Å². The Hall–Kier alpha value is -3.15. The Kier molecular flexibility index (Phi) is 5.02. The van der Waals surface area contributed by atoms with E-state index in [4.69, 9.17) is 4.52 Å². The average Bonchev–Trinajstić information content (AvgIpc) is 3.02. The minimum absolute atomic E-state index is 0.183. The van der Waals surface area contributed by atoms with Gasteiger partial charge in [0.15, 0.2) is 5.82 Å². The van der Waals surface area contributed by atoms with Gasteiger partial charge in [0.1, 0.15) is 11.6 Å². The molecule has 0 saturated heterocycles. The molecule has 0 radical (unpaired) electrons. The van der Waals surface area contributed by atoms with Crippen LogP contribution in [0.4, 0.5) is 17.3 Å². The molecule has 3 rings (SSSR count). The Morgan fingerprint density at radius 2 is 1.92 bits per heavy atom. The molecule has 2 aromatic heterocycles. The molecule has 0 spiro atoms. The van der Waals surface area contributed by atoms with E-state index in [9.17, 15) is 4.79 Å². The van der Waals surface area contributed by atoms with Crippen LogP contribution >= 0.6 is 0 Å². The van der Waals surface area contributed by atoms with E-state index in [0.717, 1.165) is 16.8 Å². The molecule has 26 heavy (non-hydrogen) atoms. The van der Waals surface area contributed by atoms with Gasteiger partial charge in [-0.1, -0.05) is 37.2 Å². The van der Waals surface area contributed by atoms with Crippen LogP contribution in [0.5, 0.6) is 0 Å². The lowest BCUT2D eigenvalue weighted by Crippen LogP contribution is -2.15. The molecule has 0 aliphatic rings. The number of para-hydroxylation sites is 1. The van der Waals surface area contributed by atoms with E-state index in [1.54, 1.807) is 18.2 Å². The Bertz CT molecular complexity index is 914. The second kappa shape index (κ2) is 7.39. The number of nitrogens with one attached hydrogen (secondary N) is 2. The van der Waals surface area contributed by atoms with Crippen molar-refractivity contribution < 1.29 is 9.32 Å². The summed E-state index contributed by atoms with van der Waals surface area (Å²) >= 11 is 0. The zero-order valence-corrected chi connectivity index (χ0v) is 15.3. The summed E-state index contributed by atoms with van der Waals surface area (Å²) in [4.78, 5) is 16.9. The molecule has 0 saturated carbocycles. The first-order chi connectivity index (χ1) is 12.4. The van der Waals surface area contributed by atoms with Gasteiger partial charge in [-0.25, -0.2) is 4.98 Å². The number of benzene rings is 1. The number of carbonyl (C=O) groups excluding carboxylic acids is 1. The largest absolute Gasteiger partial charge is 0.360 e. The highest BCUT2D eigenvalue weighted by molar-refractivity contribution is 6.05. The lowest BCUT2D eigenvalue weighted by molar-refractivity contribution is 0.102. The van der Waals surface area contributed by atoms with Gasteiger partial charge in [0.05, 0.1) is 5.56 Å². The van der Waals surface area contributed by atoms with Gasteiger partial charge in [-0.15, -0.1) is 0 Å². The van der Waals surface area contributed by atoms with Crippen molar-refractivity contribution in [2.45, 2.75) is 33.6 Å². The Labute approximate surface area is 152 Å². The summed E-state index contributed by atoms with van der Waals surface area (Å²) in [6.45, 7) is 8.03. The first kappa shape index (κ1) is 17.7. The van der Waals surface area contributed by atoms with Crippen LogP contribution in [-0.2, 0) is 0 Å². The van der Waals surface area contributed by atoms with Crippen molar-refractivity contribution in [3.63, 3.8) is 0 Å². The van der Waals surface area contributed by atoms with Gasteiger partial charge in [0.2, 0.25) is 0 Å². The van der Waals surface area contributed by atoms with E-state index in [2.05, 4.69) is 34.6 Å². The Morgan fingerprint density at radius 3 is 2.54 bits per heavy atom. The highest BCUT2D eigenvalue weighted by atomic mass is 16.5. The number of rotatable bonds is 5. The van der Waals surface area contributed by atoms with Crippen LogP contribution in [0.2, 0.25) is 0 Å². The summed E-state index contributed by atoms with van der Waals surface area (Å²) in [7, 11) is 0. The molecule has 0 fully saturated rings. The summed E-state index contributed by atoms with van der Waals surface area (Å²) < 4.78 is 5.00. The van der Waals surface area contributed by atoms with Gasteiger partial charge in [0, 0.05) is 18.0 Å². The number of hydrogen-bond acceptors (Lipinski definition) is 5. The number of carbonyl (C=O) groups is 1. The summed E-state index contributed by atoms with van der Waals surface area (Å²) in [5, 5.41) is 9.90. The normalized spacial score (nSPS) is 10.8. The molecule has 0 aliphatic carbocycles. The fraction of sp³-hybridized carbons (Fsp3) is 0.250. The van der Waals surface area contributed by atoms with E-state index in [-0.39, 0.29) is 5.91 Å². The number of aryl methyl sites for hydroxylation is 2. The molecule has 0 unspecified atom stereocenters. The lowest BCUT2D eigenvalue weighted by atomic mass is 9.98. The molecule has 6 nitrogen and oxygen atoms in total. The van der Waals surface area contributed by atoms with Gasteiger partial charge in [-0.2, -0.15) is 0 Å². The quantitative estimate of drug-likeness (QED) is 0.690. The molecule has 134 valence electrons. The second-order valence-corrected chi connectivity index (χ2v) is 6.53. The third-order valence-electron chi connectivity index (χ3n) is 4.08. The monoisotopic (exact) mass is 350 g/mol. The molecule has 0 bridgehead atoms. The van der Waals surface area contributed by atoms with Crippen LogP contribution in [-0.4, -0.2) is 16.0 Å². The zero-order valence-electron chi connectivity index (χ0n) is 15.3. The predicted octanol–water partition coefficient (Wildman–Crippen LogP) is 4.81. The van der Waals surface area contributed by atoms with Crippen molar-refractivity contribution in [1.82, 2.24) is 10.1 Å². The molecule has 1 aromatic carbocycles. The number of amides is 1. The zero-order chi connectivity index (χ0) is 18.7. The maximum absolute atomic E-state index is 12.6. The van der Waals surface area contributed by atoms with Crippen LogP contribution in [0.25, 0.3) is 0 Å². The van der Waals surface area contributed by atoms with Crippen LogP contribution < -0.4 is 10.6 Å². The standard InChI is InChI=1S/C20H22N4O2/c1-12(2)16-7-5-6-13(3)19(16)23-20(25)15-8-9-17(21-11-15)22-18-10-14(4)26-24-18/h5-12H,1-4H3,(H,23,25)(H,21,22,24). The SMILES string of the molecule is Cc1cc(Nc2ccc(C(=O)Nc3c(C)cccc3C(C)C)cn2)no1. The molecule has 1 amide bonds. The van der Waals surface area contributed by atoms with Gasteiger partial charge in [-0.05, 0) is 43.0 Å². The van der Waals surface area contributed by atoms with Gasteiger partial charge in [0.25, 0.3) is 5.91 Å². The Balaban J connectivity index is 1.75. The van der Waals surface area contributed by atoms with E-state index in [1.165, 1.54) is 6.20 Å². The average molecular weight is 350 g/mol. The summed E-state index contributed by atoms with van der Waals surface area (Å²) in [6.07, 6.45) is 1.54. The molecular formula is C20H22N4O2. The van der Waals surface area contributed by atoms with Crippen LogP contribution in [0.3, 0.4) is 0 Å². The third kappa shape index (κ3) is 3.91. The maximum Gasteiger partial charge on any atom is 0.257 e. The van der Waals surface area contributed by atoms with Crippen LogP contribution in [0.1, 0.15) is 47.0 Å². The van der Waals surface area contributed by atoms with E-state index in [0.29, 0.717) is 28.9 Å². The molecule has 0 atom stereocenters. The number of pyridine rings is 1.